The maximum absolute atomic E-state index is 13.7. The Morgan fingerprint density at radius 1 is 0.842 bits per heavy atom. The number of rotatable bonds is 5. The first-order valence-electron chi connectivity index (χ1n) is 11.9. The van der Waals surface area contributed by atoms with E-state index in [-0.39, 0.29) is 34.4 Å². The number of carbonyl (C=O) groups excluding carboxylic acids is 4. The minimum Gasteiger partial charge on any atom is -0.426 e. The standard InChI is InChI=1S/C26H20N6O6/c1-13(33)37-20-9-5-3-7-16(20)25(35)31-23(19-12-15-11-18(15)22(19)28-31)24-27-30-32(29-24)26(36)17-8-4-6-10-21(17)38-14(2)34/h3-10,15,18H,11-12H2,1-2H3/t15-,18-/m1/s1. The second-order valence-corrected chi connectivity index (χ2v) is 9.12. The number of hydrogen-bond acceptors (Lipinski definition) is 10. The van der Waals surface area contributed by atoms with Crippen LogP contribution in [-0.2, 0) is 16.0 Å². The first-order valence-corrected chi connectivity index (χ1v) is 11.9. The summed E-state index contributed by atoms with van der Waals surface area (Å²) in [4.78, 5) is 50.7. The molecule has 4 aromatic rings. The third kappa shape index (κ3) is 3.95. The average molecular weight is 512 g/mol. The Bertz CT molecular complexity index is 1650. The van der Waals surface area contributed by atoms with E-state index in [1.807, 2.05) is 0 Å². The molecule has 0 radical (unpaired) electrons. The highest BCUT2D eigenvalue weighted by Crippen LogP contribution is 2.57. The lowest BCUT2D eigenvalue weighted by molar-refractivity contribution is -0.132. The van der Waals surface area contributed by atoms with Gasteiger partial charge in [-0.25, -0.2) is 0 Å². The second-order valence-electron chi connectivity index (χ2n) is 9.12. The van der Waals surface area contributed by atoms with Crippen LogP contribution in [0.1, 0.15) is 58.2 Å². The minimum atomic E-state index is -0.669. The van der Waals surface area contributed by atoms with Crippen LogP contribution in [0, 0.1) is 5.92 Å². The molecule has 0 N–H and O–H groups in total. The predicted octanol–water partition coefficient (Wildman–Crippen LogP) is 2.42. The lowest BCUT2D eigenvalue weighted by Crippen LogP contribution is -2.19. The van der Waals surface area contributed by atoms with Crippen molar-refractivity contribution in [2.45, 2.75) is 32.6 Å². The fraction of sp³-hybridized carbons (Fsp3) is 0.231. The number of benzene rings is 2. The van der Waals surface area contributed by atoms with Crippen LogP contribution in [0.25, 0.3) is 11.5 Å². The van der Waals surface area contributed by atoms with Crippen LogP contribution >= 0.6 is 0 Å². The van der Waals surface area contributed by atoms with Crippen LogP contribution in [0.5, 0.6) is 11.5 Å². The highest BCUT2D eigenvalue weighted by Gasteiger charge is 2.50. The number of fused-ring (bicyclic) bond motifs is 3. The van der Waals surface area contributed by atoms with E-state index in [1.165, 1.54) is 42.8 Å². The van der Waals surface area contributed by atoms with Crippen molar-refractivity contribution >= 4 is 23.8 Å². The van der Waals surface area contributed by atoms with Gasteiger partial charge in [0, 0.05) is 25.3 Å². The maximum Gasteiger partial charge on any atom is 0.308 e. The largest absolute Gasteiger partial charge is 0.426 e. The molecule has 12 nitrogen and oxygen atoms in total. The number of nitrogens with zero attached hydrogens (tertiary/aromatic N) is 6. The molecule has 0 amide bonds. The van der Waals surface area contributed by atoms with Gasteiger partial charge in [0.1, 0.15) is 17.2 Å². The SMILES string of the molecule is CC(=O)Oc1ccccc1C(=O)n1nnc(-c2c3c(nn2C(=O)c2ccccc2OC(C)=O)[C@@H]2C[C@@H]2C3)n1. The fourth-order valence-electron chi connectivity index (χ4n) is 4.80. The van der Waals surface area contributed by atoms with E-state index >= 15 is 0 Å². The van der Waals surface area contributed by atoms with Gasteiger partial charge < -0.3 is 9.47 Å². The monoisotopic (exact) mass is 512 g/mol. The van der Waals surface area contributed by atoms with Crippen LogP contribution in [0.3, 0.4) is 0 Å². The van der Waals surface area contributed by atoms with Crippen molar-refractivity contribution in [3.8, 4) is 23.0 Å². The summed E-state index contributed by atoms with van der Waals surface area (Å²) in [6, 6.07) is 12.6. The Labute approximate surface area is 215 Å². The number of para-hydroxylation sites is 2. The zero-order chi connectivity index (χ0) is 26.6. The topological polar surface area (TPSA) is 148 Å². The molecular formula is C26H20N6O6. The summed E-state index contributed by atoms with van der Waals surface area (Å²) in [5.74, 6) is -1.43. The Morgan fingerprint density at radius 3 is 2.08 bits per heavy atom. The fourth-order valence-corrected chi connectivity index (χ4v) is 4.80. The smallest absolute Gasteiger partial charge is 0.308 e. The van der Waals surface area contributed by atoms with Gasteiger partial charge in [0.05, 0.1) is 16.8 Å². The number of aromatic nitrogens is 6. The normalized spacial score (nSPS) is 16.9. The number of esters is 2. The number of hydrogen-bond donors (Lipinski definition) is 0. The molecule has 0 saturated heterocycles. The molecule has 2 aliphatic carbocycles. The minimum absolute atomic E-state index is 0.0386. The summed E-state index contributed by atoms with van der Waals surface area (Å²) in [6.07, 6.45) is 1.69. The van der Waals surface area contributed by atoms with Gasteiger partial charge in [-0.05, 0) is 48.2 Å². The third-order valence-corrected chi connectivity index (χ3v) is 6.50. The van der Waals surface area contributed by atoms with Crippen LogP contribution < -0.4 is 9.47 Å². The Balaban J connectivity index is 1.41. The van der Waals surface area contributed by atoms with Crippen molar-refractivity contribution in [3.63, 3.8) is 0 Å². The summed E-state index contributed by atoms with van der Waals surface area (Å²) in [5, 5.41) is 16.9. The lowest BCUT2D eigenvalue weighted by Gasteiger charge is -2.10. The summed E-state index contributed by atoms with van der Waals surface area (Å²) < 4.78 is 11.6. The van der Waals surface area contributed by atoms with Gasteiger partial charge in [-0.1, -0.05) is 29.1 Å². The van der Waals surface area contributed by atoms with Gasteiger partial charge in [0.15, 0.2) is 0 Å². The highest BCUT2D eigenvalue weighted by molar-refractivity contribution is 6.01. The molecule has 0 spiro atoms. The van der Waals surface area contributed by atoms with E-state index in [9.17, 15) is 19.2 Å². The zero-order valence-electron chi connectivity index (χ0n) is 20.3. The van der Waals surface area contributed by atoms with Crippen LogP contribution in [0.15, 0.2) is 48.5 Å². The molecule has 1 saturated carbocycles. The molecule has 2 aliphatic rings. The first-order chi connectivity index (χ1) is 18.3. The molecule has 2 atom stereocenters. The van der Waals surface area contributed by atoms with E-state index < -0.39 is 23.8 Å². The van der Waals surface area contributed by atoms with E-state index in [0.717, 1.165) is 22.5 Å². The van der Waals surface area contributed by atoms with E-state index in [0.29, 0.717) is 18.0 Å². The summed E-state index contributed by atoms with van der Waals surface area (Å²) in [5.41, 5.74) is 2.17. The van der Waals surface area contributed by atoms with Crippen molar-refractivity contribution in [2.24, 2.45) is 5.92 Å². The summed E-state index contributed by atoms with van der Waals surface area (Å²) >= 11 is 0. The van der Waals surface area contributed by atoms with Crippen molar-refractivity contribution < 1.29 is 28.7 Å². The van der Waals surface area contributed by atoms with Gasteiger partial charge in [0.2, 0.25) is 5.82 Å². The van der Waals surface area contributed by atoms with E-state index in [2.05, 4.69) is 20.5 Å². The quantitative estimate of drug-likeness (QED) is 0.288. The second kappa shape index (κ2) is 8.83. The maximum atomic E-state index is 13.7. The van der Waals surface area contributed by atoms with E-state index in [1.54, 1.807) is 24.3 Å². The zero-order valence-corrected chi connectivity index (χ0v) is 20.3. The predicted molar refractivity (Wildman–Crippen MR) is 129 cm³/mol. The highest BCUT2D eigenvalue weighted by atomic mass is 16.5. The molecule has 2 heterocycles. The number of tetrazole rings is 1. The molecule has 38 heavy (non-hydrogen) atoms. The van der Waals surface area contributed by atoms with Gasteiger partial charge in [0.25, 0.3) is 5.91 Å². The third-order valence-electron chi connectivity index (χ3n) is 6.50. The molecule has 0 unspecified atom stereocenters. The van der Waals surface area contributed by atoms with Crippen LogP contribution in [0.2, 0.25) is 0 Å². The lowest BCUT2D eigenvalue weighted by atomic mass is 10.1. The Kier molecular flexibility index (Phi) is 5.44. The Hall–Kier alpha value is -5.00. The molecule has 2 aromatic heterocycles. The molecular weight excluding hydrogens is 492 g/mol. The van der Waals surface area contributed by atoms with Crippen molar-refractivity contribution in [1.29, 1.82) is 0 Å². The van der Waals surface area contributed by atoms with Crippen LogP contribution in [0.4, 0.5) is 0 Å². The molecule has 0 aliphatic heterocycles. The summed E-state index contributed by atoms with van der Waals surface area (Å²) in [7, 11) is 0. The van der Waals surface area contributed by atoms with Gasteiger partial charge >= 0.3 is 17.8 Å². The molecule has 1 fully saturated rings. The van der Waals surface area contributed by atoms with Crippen molar-refractivity contribution in [3.05, 3.63) is 70.9 Å². The average Bonchev–Trinajstić information content (AvgIpc) is 3.19. The van der Waals surface area contributed by atoms with Crippen LogP contribution in [-0.4, -0.2) is 53.7 Å². The first kappa shape index (κ1) is 23.4. The van der Waals surface area contributed by atoms with Gasteiger partial charge in [-0.2, -0.15) is 9.78 Å². The van der Waals surface area contributed by atoms with Crippen molar-refractivity contribution in [2.75, 3.05) is 0 Å². The Morgan fingerprint density at radius 2 is 1.45 bits per heavy atom. The van der Waals surface area contributed by atoms with Crippen molar-refractivity contribution in [1.82, 2.24) is 30.0 Å². The molecule has 6 rings (SSSR count). The van der Waals surface area contributed by atoms with Gasteiger partial charge in [-0.3, -0.25) is 19.2 Å². The summed E-state index contributed by atoms with van der Waals surface area (Å²) in [6.45, 7) is 2.48. The van der Waals surface area contributed by atoms with E-state index in [4.69, 9.17) is 9.47 Å². The van der Waals surface area contributed by atoms with Gasteiger partial charge in [-0.15, -0.1) is 10.2 Å². The number of ether oxygens (including phenoxy) is 2. The molecule has 0 bridgehead atoms. The number of carbonyl (C=O) groups is 4. The molecule has 190 valence electrons. The molecule has 2 aromatic carbocycles. The molecule has 12 heteroatoms.